The third kappa shape index (κ3) is 4.32. The van der Waals surface area contributed by atoms with Crippen molar-refractivity contribution in [3.8, 4) is 5.75 Å². The summed E-state index contributed by atoms with van der Waals surface area (Å²) in [6.07, 6.45) is 1.76. The largest absolute Gasteiger partial charge is 0.487 e. The fourth-order valence-corrected chi connectivity index (χ4v) is 2.59. The van der Waals surface area contributed by atoms with Crippen LogP contribution in [0.1, 0.15) is 30.8 Å². The molecule has 2 rings (SSSR count). The molecule has 2 N–H and O–H groups in total. The second kappa shape index (κ2) is 7.09. The lowest BCUT2D eigenvalue weighted by Crippen LogP contribution is -2.18. The number of rotatable bonds is 6. The number of hydrogen-bond donors (Lipinski definition) is 1. The van der Waals surface area contributed by atoms with E-state index in [2.05, 4.69) is 34.0 Å². The van der Waals surface area contributed by atoms with Crippen molar-refractivity contribution < 1.29 is 4.74 Å². The van der Waals surface area contributed by atoms with Gasteiger partial charge in [0.1, 0.15) is 12.4 Å². The minimum Gasteiger partial charge on any atom is -0.487 e. The molecule has 0 fully saturated rings. The predicted molar refractivity (Wildman–Crippen MR) is 88.4 cm³/mol. The molecule has 0 spiro atoms. The van der Waals surface area contributed by atoms with Gasteiger partial charge in [0.2, 0.25) is 0 Å². The maximum absolute atomic E-state index is 5.89. The lowest BCUT2D eigenvalue weighted by Gasteiger charge is -2.11. The molecular formula is C16H22BrN3O. The summed E-state index contributed by atoms with van der Waals surface area (Å²) in [5.74, 6) is 0.855. The van der Waals surface area contributed by atoms with Crippen molar-refractivity contribution in [2.75, 3.05) is 0 Å². The summed E-state index contributed by atoms with van der Waals surface area (Å²) >= 11 is 3.55. The Bertz CT molecular complexity index is 608. The van der Waals surface area contributed by atoms with Crippen LogP contribution in [-0.2, 0) is 26.5 Å². The molecule has 0 aliphatic heterocycles. The number of ether oxygens (including phenoxy) is 1. The van der Waals surface area contributed by atoms with Crippen molar-refractivity contribution in [1.82, 2.24) is 9.78 Å². The Morgan fingerprint density at radius 1 is 1.38 bits per heavy atom. The Balaban J connectivity index is 2.07. The van der Waals surface area contributed by atoms with Crippen LogP contribution in [0.4, 0.5) is 0 Å². The highest BCUT2D eigenvalue weighted by Gasteiger charge is 2.08. The van der Waals surface area contributed by atoms with Crippen LogP contribution in [-0.4, -0.2) is 15.8 Å². The zero-order valence-corrected chi connectivity index (χ0v) is 14.4. The van der Waals surface area contributed by atoms with E-state index in [1.807, 2.05) is 36.9 Å². The molecule has 0 amide bonds. The maximum Gasteiger partial charge on any atom is 0.130 e. The molecule has 0 aliphatic carbocycles. The van der Waals surface area contributed by atoms with Gasteiger partial charge in [-0.1, -0.05) is 22.9 Å². The van der Waals surface area contributed by atoms with Crippen molar-refractivity contribution in [2.24, 2.45) is 12.8 Å². The molecule has 0 bridgehead atoms. The minimum absolute atomic E-state index is 0.126. The lowest BCUT2D eigenvalue weighted by atomic mass is 10.1. The van der Waals surface area contributed by atoms with Crippen LogP contribution in [0.5, 0.6) is 5.75 Å². The first-order chi connectivity index (χ1) is 9.99. The third-order valence-electron chi connectivity index (χ3n) is 3.34. The molecular weight excluding hydrogens is 330 g/mol. The van der Waals surface area contributed by atoms with Gasteiger partial charge in [-0.05, 0) is 49.6 Å². The van der Waals surface area contributed by atoms with Crippen LogP contribution in [0, 0.1) is 0 Å². The number of nitrogens with two attached hydrogens (primary N) is 1. The number of halogens is 1. The quantitative estimate of drug-likeness (QED) is 0.869. The van der Waals surface area contributed by atoms with Gasteiger partial charge in [0.15, 0.2) is 0 Å². The average Bonchev–Trinajstić information content (AvgIpc) is 2.80. The Morgan fingerprint density at radius 3 is 2.76 bits per heavy atom. The standard InChI is InChI=1S/C16H22BrN3O/c1-4-13-9-14(20(3)19-13)10-21-15-5-6-16(17)12(8-15)7-11(2)18/h5-6,8-9,11H,4,7,10,18H2,1-3H3. The highest BCUT2D eigenvalue weighted by Crippen LogP contribution is 2.24. The van der Waals surface area contributed by atoms with Crippen molar-refractivity contribution in [3.63, 3.8) is 0 Å². The smallest absolute Gasteiger partial charge is 0.130 e. The van der Waals surface area contributed by atoms with Gasteiger partial charge in [-0.2, -0.15) is 5.10 Å². The topological polar surface area (TPSA) is 53.1 Å². The summed E-state index contributed by atoms with van der Waals surface area (Å²) in [6.45, 7) is 4.62. The van der Waals surface area contributed by atoms with Crippen LogP contribution in [0.25, 0.3) is 0 Å². The van der Waals surface area contributed by atoms with E-state index in [9.17, 15) is 0 Å². The molecule has 0 saturated heterocycles. The molecule has 5 heteroatoms. The van der Waals surface area contributed by atoms with Crippen LogP contribution < -0.4 is 10.5 Å². The van der Waals surface area contributed by atoms with Gasteiger partial charge in [-0.15, -0.1) is 0 Å². The number of benzene rings is 1. The van der Waals surface area contributed by atoms with Gasteiger partial charge in [0.05, 0.1) is 11.4 Å². The number of aromatic nitrogens is 2. The highest BCUT2D eigenvalue weighted by atomic mass is 79.9. The molecule has 0 radical (unpaired) electrons. The number of aryl methyl sites for hydroxylation is 2. The summed E-state index contributed by atoms with van der Waals surface area (Å²) in [5, 5.41) is 4.43. The summed E-state index contributed by atoms with van der Waals surface area (Å²) in [6, 6.07) is 8.23. The summed E-state index contributed by atoms with van der Waals surface area (Å²) in [7, 11) is 1.95. The van der Waals surface area contributed by atoms with E-state index in [1.54, 1.807) is 0 Å². The first-order valence-electron chi connectivity index (χ1n) is 7.18. The van der Waals surface area contributed by atoms with Crippen LogP contribution >= 0.6 is 15.9 Å². The van der Waals surface area contributed by atoms with E-state index in [4.69, 9.17) is 10.5 Å². The molecule has 1 heterocycles. The molecule has 1 unspecified atom stereocenters. The Kier molecular flexibility index (Phi) is 5.42. The molecule has 114 valence electrons. The van der Waals surface area contributed by atoms with Crippen molar-refractivity contribution >= 4 is 15.9 Å². The Morgan fingerprint density at radius 2 is 2.14 bits per heavy atom. The molecule has 1 atom stereocenters. The Hall–Kier alpha value is -1.33. The lowest BCUT2D eigenvalue weighted by molar-refractivity contribution is 0.294. The van der Waals surface area contributed by atoms with Crippen molar-refractivity contribution in [1.29, 1.82) is 0 Å². The highest BCUT2D eigenvalue weighted by molar-refractivity contribution is 9.10. The molecule has 21 heavy (non-hydrogen) atoms. The van der Waals surface area contributed by atoms with Crippen molar-refractivity contribution in [3.05, 3.63) is 45.7 Å². The average molecular weight is 352 g/mol. The fraction of sp³-hybridized carbons (Fsp3) is 0.438. The maximum atomic E-state index is 5.89. The molecule has 1 aromatic heterocycles. The first-order valence-corrected chi connectivity index (χ1v) is 7.97. The summed E-state index contributed by atoms with van der Waals surface area (Å²) in [5.41, 5.74) is 9.20. The van der Waals surface area contributed by atoms with Gasteiger partial charge < -0.3 is 10.5 Å². The second-order valence-electron chi connectivity index (χ2n) is 5.33. The van der Waals surface area contributed by atoms with Crippen LogP contribution in [0.2, 0.25) is 0 Å². The molecule has 0 saturated carbocycles. The number of nitrogens with zero attached hydrogens (tertiary/aromatic N) is 2. The number of hydrogen-bond acceptors (Lipinski definition) is 3. The Labute approximate surface area is 134 Å². The molecule has 2 aromatic rings. The minimum atomic E-state index is 0.126. The van der Waals surface area contributed by atoms with E-state index in [1.165, 1.54) is 5.56 Å². The SMILES string of the molecule is CCc1cc(COc2ccc(Br)c(CC(C)N)c2)n(C)n1. The van der Waals surface area contributed by atoms with Gasteiger partial charge >= 0.3 is 0 Å². The van der Waals surface area contributed by atoms with E-state index in [-0.39, 0.29) is 6.04 Å². The predicted octanol–water partition coefficient (Wildman–Crippen LogP) is 3.21. The van der Waals surface area contributed by atoms with Gasteiger partial charge in [-0.25, -0.2) is 0 Å². The van der Waals surface area contributed by atoms with E-state index in [0.29, 0.717) is 6.61 Å². The third-order valence-corrected chi connectivity index (χ3v) is 4.11. The fourth-order valence-electron chi connectivity index (χ4n) is 2.18. The second-order valence-corrected chi connectivity index (χ2v) is 6.18. The molecule has 0 aliphatic rings. The molecule has 1 aromatic carbocycles. The zero-order valence-electron chi connectivity index (χ0n) is 12.8. The van der Waals surface area contributed by atoms with Crippen LogP contribution in [0.15, 0.2) is 28.7 Å². The van der Waals surface area contributed by atoms with E-state index < -0.39 is 0 Å². The van der Waals surface area contributed by atoms with Gasteiger partial charge in [-0.3, -0.25) is 4.68 Å². The summed E-state index contributed by atoms with van der Waals surface area (Å²) in [4.78, 5) is 0. The van der Waals surface area contributed by atoms with Crippen LogP contribution in [0.3, 0.4) is 0 Å². The van der Waals surface area contributed by atoms with E-state index >= 15 is 0 Å². The van der Waals surface area contributed by atoms with Gasteiger partial charge in [0, 0.05) is 17.6 Å². The van der Waals surface area contributed by atoms with E-state index in [0.717, 1.165) is 34.5 Å². The monoisotopic (exact) mass is 351 g/mol. The first kappa shape index (κ1) is 16.0. The zero-order chi connectivity index (χ0) is 15.4. The summed E-state index contributed by atoms with van der Waals surface area (Å²) < 4.78 is 8.83. The van der Waals surface area contributed by atoms with Crippen molar-refractivity contribution in [2.45, 2.75) is 39.3 Å². The normalized spacial score (nSPS) is 12.4. The molecule has 4 nitrogen and oxygen atoms in total. The van der Waals surface area contributed by atoms with Gasteiger partial charge in [0.25, 0.3) is 0 Å².